The molecule has 118 valence electrons. The molecule has 20 heavy (non-hydrogen) atoms. The van der Waals surface area contributed by atoms with Gasteiger partial charge < -0.3 is 16.0 Å². The van der Waals surface area contributed by atoms with Gasteiger partial charge in [-0.3, -0.25) is 9.59 Å². The summed E-state index contributed by atoms with van der Waals surface area (Å²) in [7, 11) is 0. The number of amides is 2. The Morgan fingerprint density at radius 3 is 2.45 bits per heavy atom. The van der Waals surface area contributed by atoms with Crippen molar-refractivity contribution in [2.45, 2.75) is 46.6 Å². The number of hydrogen-bond acceptors (Lipinski definition) is 3. The molecule has 1 heterocycles. The number of halogens is 1. The molecular weight excluding hydrogens is 278 g/mol. The predicted octanol–water partition coefficient (Wildman–Crippen LogP) is 1.07. The van der Waals surface area contributed by atoms with Gasteiger partial charge in [-0.05, 0) is 24.3 Å². The third-order valence-corrected chi connectivity index (χ3v) is 3.31. The molecule has 6 heteroatoms. The zero-order valence-corrected chi connectivity index (χ0v) is 13.7. The molecule has 0 aromatic rings. The van der Waals surface area contributed by atoms with Gasteiger partial charge in [0.05, 0.1) is 6.54 Å². The van der Waals surface area contributed by atoms with Gasteiger partial charge in [-0.1, -0.05) is 27.7 Å². The molecular formula is C14H28ClN3O2. The Morgan fingerprint density at radius 2 is 1.90 bits per heavy atom. The van der Waals surface area contributed by atoms with Crippen molar-refractivity contribution in [3.05, 3.63) is 0 Å². The van der Waals surface area contributed by atoms with Crippen molar-refractivity contribution in [3.8, 4) is 0 Å². The standard InChI is InChI=1S/C14H27N3O2.ClH/c1-10-5-6-15-8-11(10)17-13(19)9-16-12(18)7-14(2,3)4;/h10-11,15H,5-9H2,1-4H3,(H,16,18)(H,17,19);1H. The highest BCUT2D eigenvalue weighted by atomic mass is 35.5. The molecule has 3 N–H and O–H groups in total. The van der Waals surface area contributed by atoms with Crippen molar-refractivity contribution in [2.75, 3.05) is 19.6 Å². The quantitative estimate of drug-likeness (QED) is 0.728. The number of carbonyl (C=O) groups is 2. The fourth-order valence-corrected chi connectivity index (χ4v) is 2.16. The van der Waals surface area contributed by atoms with E-state index in [1.165, 1.54) is 0 Å². The maximum absolute atomic E-state index is 11.8. The van der Waals surface area contributed by atoms with Crippen LogP contribution in [0.2, 0.25) is 0 Å². The van der Waals surface area contributed by atoms with Crippen LogP contribution in [0, 0.1) is 11.3 Å². The van der Waals surface area contributed by atoms with Gasteiger partial charge in [0.1, 0.15) is 0 Å². The molecule has 5 nitrogen and oxygen atoms in total. The van der Waals surface area contributed by atoms with E-state index in [4.69, 9.17) is 0 Å². The maximum Gasteiger partial charge on any atom is 0.239 e. The van der Waals surface area contributed by atoms with Gasteiger partial charge in [-0.15, -0.1) is 12.4 Å². The minimum atomic E-state index is -0.109. The monoisotopic (exact) mass is 305 g/mol. The average Bonchev–Trinajstić information content (AvgIpc) is 2.27. The maximum atomic E-state index is 11.8. The first-order chi connectivity index (χ1) is 8.78. The lowest BCUT2D eigenvalue weighted by atomic mass is 9.92. The lowest BCUT2D eigenvalue weighted by Gasteiger charge is -2.30. The fourth-order valence-electron chi connectivity index (χ4n) is 2.16. The molecule has 2 atom stereocenters. The van der Waals surface area contributed by atoms with E-state index in [2.05, 4.69) is 22.9 Å². The van der Waals surface area contributed by atoms with E-state index in [0.717, 1.165) is 19.5 Å². The summed E-state index contributed by atoms with van der Waals surface area (Å²) in [5, 5.41) is 8.91. The normalized spacial score (nSPS) is 22.6. The summed E-state index contributed by atoms with van der Waals surface area (Å²) in [5.41, 5.74) is -0.0532. The van der Waals surface area contributed by atoms with Crippen LogP contribution in [0.3, 0.4) is 0 Å². The predicted molar refractivity (Wildman–Crippen MR) is 82.9 cm³/mol. The van der Waals surface area contributed by atoms with E-state index in [-0.39, 0.29) is 42.2 Å². The summed E-state index contributed by atoms with van der Waals surface area (Å²) in [6, 6.07) is 0.167. The topological polar surface area (TPSA) is 70.2 Å². The molecule has 2 amide bonds. The summed E-state index contributed by atoms with van der Waals surface area (Å²) < 4.78 is 0. The first-order valence-electron chi connectivity index (χ1n) is 7.05. The second kappa shape index (κ2) is 8.47. The molecule has 1 saturated heterocycles. The van der Waals surface area contributed by atoms with Crippen LogP contribution in [-0.2, 0) is 9.59 Å². The molecule has 0 aromatic heterocycles. The van der Waals surface area contributed by atoms with Crippen LogP contribution in [0.15, 0.2) is 0 Å². The van der Waals surface area contributed by atoms with Gasteiger partial charge in [0, 0.05) is 19.0 Å². The van der Waals surface area contributed by atoms with Crippen LogP contribution in [0.25, 0.3) is 0 Å². The minimum Gasteiger partial charge on any atom is -0.350 e. The Morgan fingerprint density at radius 1 is 1.25 bits per heavy atom. The highest BCUT2D eigenvalue weighted by molar-refractivity contribution is 5.85. The molecule has 1 fully saturated rings. The lowest BCUT2D eigenvalue weighted by Crippen LogP contribution is -2.52. The molecule has 0 aliphatic carbocycles. The summed E-state index contributed by atoms with van der Waals surface area (Å²) in [5.74, 6) is 0.302. The first kappa shape index (κ1) is 19.2. The molecule has 0 spiro atoms. The van der Waals surface area contributed by atoms with E-state index in [9.17, 15) is 9.59 Å². The van der Waals surface area contributed by atoms with Crippen LogP contribution < -0.4 is 16.0 Å². The number of carbonyl (C=O) groups excluding carboxylic acids is 2. The van der Waals surface area contributed by atoms with E-state index in [1.54, 1.807) is 0 Å². The van der Waals surface area contributed by atoms with E-state index >= 15 is 0 Å². The summed E-state index contributed by atoms with van der Waals surface area (Å²) in [6.45, 7) is 10.0. The molecule has 0 aromatic carbocycles. The highest BCUT2D eigenvalue weighted by Crippen LogP contribution is 2.17. The number of rotatable bonds is 4. The summed E-state index contributed by atoms with van der Waals surface area (Å²) >= 11 is 0. The average molecular weight is 306 g/mol. The third kappa shape index (κ3) is 7.70. The molecule has 1 aliphatic heterocycles. The Hall–Kier alpha value is -0.810. The number of nitrogens with one attached hydrogen (secondary N) is 3. The Bertz CT molecular complexity index is 329. The van der Waals surface area contributed by atoms with Crippen molar-refractivity contribution >= 4 is 24.2 Å². The second-order valence-electron chi connectivity index (χ2n) is 6.66. The summed E-state index contributed by atoms with van der Waals surface area (Å²) in [6.07, 6.45) is 1.50. The van der Waals surface area contributed by atoms with Crippen molar-refractivity contribution in [2.24, 2.45) is 11.3 Å². The molecule has 0 radical (unpaired) electrons. The van der Waals surface area contributed by atoms with Gasteiger partial charge in [0.2, 0.25) is 11.8 Å². The second-order valence-corrected chi connectivity index (χ2v) is 6.66. The van der Waals surface area contributed by atoms with Crippen LogP contribution in [0.4, 0.5) is 0 Å². The van der Waals surface area contributed by atoms with Gasteiger partial charge in [-0.25, -0.2) is 0 Å². The van der Waals surface area contributed by atoms with Gasteiger partial charge in [0.15, 0.2) is 0 Å². The van der Waals surface area contributed by atoms with Crippen molar-refractivity contribution in [3.63, 3.8) is 0 Å². The fraction of sp³-hybridized carbons (Fsp3) is 0.857. The Labute approximate surface area is 128 Å². The van der Waals surface area contributed by atoms with Gasteiger partial charge >= 0.3 is 0 Å². The molecule has 1 aliphatic rings. The van der Waals surface area contributed by atoms with E-state index < -0.39 is 0 Å². The smallest absolute Gasteiger partial charge is 0.239 e. The lowest BCUT2D eigenvalue weighted by molar-refractivity contribution is -0.127. The first-order valence-corrected chi connectivity index (χ1v) is 7.05. The van der Waals surface area contributed by atoms with Gasteiger partial charge in [0.25, 0.3) is 0 Å². The van der Waals surface area contributed by atoms with Crippen molar-refractivity contribution in [1.29, 1.82) is 0 Å². The van der Waals surface area contributed by atoms with Crippen LogP contribution in [0.5, 0.6) is 0 Å². The van der Waals surface area contributed by atoms with Crippen LogP contribution >= 0.6 is 12.4 Å². The molecule has 0 bridgehead atoms. The largest absolute Gasteiger partial charge is 0.350 e. The van der Waals surface area contributed by atoms with E-state index in [0.29, 0.717) is 12.3 Å². The van der Waals surface area contributed by atoms with Gasteiger partial charge in [-0.2, -0.15) is 0 Å². The number of hydrogen-bond donors (Lipinski definition) is 3. The van der Waals surface area contributed by atoms with Crippen LogP contribution in [0.1, 0.15) is 40.5 Å². The Kier molecular flexibility index (Phi) is 8.13. The van der Waals surface area contributed by atoms with E-state index in [1.807, 2.05) is 20.8 Å². The highest BCUT2D eigenvalue weighted by Gasteiger charge is 2.23. The zero-order chi connectivity index (χ0) is 14.5. The molecule has 1 rings (SSSR count). The van der Waals surface area contributed by atoms with Crippen LogP contribution in [-0.4, -0.2) is 37.5 Å². The summed E-state index contributed by atoms with van der Waals surface area (Å²) in [4.78, 5) is 23.4. The third-order valence-electron chi connectivity index (χ3n) is 3.31. The van der Waals surface area contributed by atoms with Crippen molar-refractivity contribution in [1.82, 2.24) is 16.0 Å². The SMILES string of the molecule is CC1CCNCC1NC(=O)CNC(=O)CC(C)(C)C.Cl. The van der Waals surface area contributed by atoms with Crippen molar-refractivity contribution < 1.29 is 9.59 Å². The zero-order valence-electron chi connectivity index (χ0n) is 12.9. The number of piperidine rings is 1. The molecule has 2 unspecified atom stereocenters. The Balaban J connectivity index is 0.00000361. The minimum absolute atomic E-state index is 0. The molecule has 0 saturated carbocycles.